The van der Waals surface area contributed by atoms with Crippen molar-refractivity contribution in [3.05, 3.63) is 33.9 Å². The summed E-state index contributed by atoms with van der Waals surface area (Å²) in [5, 5.41) is 5.53. The monoisotopic (exact) mass is 501 g/mol. The molecule has 0 unspecified atom stereocenters. The number of piperidine rings is 1. The number of allylic oxidation sites excluding steroid dienone is 2. The number of hydrogen-bond donors (Lipinski definition) is 2. The largest absolute Gasteiger partial charge is 0.496 e. The molecule has 2 N–H and O–H groups in total. The molecule has 2 heterocycles. The summed E-state index contributed by atoms with van der Waals surface area (Å²) in [4.78, 5) is 39.5. The number of nitrogens with zero attached hydrogens (tertiary/aromatic N) is 1. The Kier molecular flexibility index (Phi) is 10.2. The lowest BCUT2D eigenvalue weighted by atomic mass is 9.93. The maximum Gasteiger partial charge on any atom is 0.341 e. The Morgan fingerprint density at radius 1 is 1.17 bits per heavy atom. The molecule has 1 aromatic rings. The number of fused-ring (bicyclic) bond motifs is 1. The van der Waals surface area contributed by atoms with Crippen LogP contribution in [0.4, 0.5) is 10.5 Å². The number of carbonyl (C=O) groups excluding carboxylic acids is 3. The van der Waals surface area contributed by atoms with Gasteiger partial charge in [0.2, 0.25) is 0 Å². The van der Waals surface area contributed by atoms with Gasteiger partial charge in [0.1, 0.15) is 19.0 Å². The van der Waals surface area contributed by atoms with Crippen molar-refractivity contribution in [3.8, 4) is 5.75 Å². The van der Waals surface area contributed by atoms with E-state index < -0.39 is 12.0 Å². The highest BCUT2D eigenvalue weighted by Gasteiger charge is 2.32. The van der Waals surface area contributed by atoms with Crippen LogP contribution in [0.5, 0.6) is 5.75 Å². The van der Waals surface area contributed by atoms with Crippen molar-refractivity contribution in [1.29, 1.82) is 0 Å². The van der Waals surface area contributed by atoms with Gasteiger partial charge < -0.3 is 24.8 Å². The van der Waals surface area contributed by atoms with Crippen molar-refractivity contribution in [2.75, 3.05) is 45.2 Å². The standard InChI is InChI=1S/C27H39N3O6/c1-5-28-27(33)29-24-20(25(34-4)19(3)21-17-36-26(32)23(21)24)11-9-18(2)10-12-22(31)35-16-15-30-13-7-6-8-14-30/h9H,5-8,10-17H2,1-4H3,(H2,28,29,33). The molecular formula is C27H39N3O6. The molecule has 36 heavy (non-hydrogen) atoms. The Morgan fingerprint density at radius 3 is 2.61 bits per heavy atom. The predicted octanol–water partition coefficient (Wildman–Crippen LogP) is 4.11. The van der Waals surface area contributed by atoms with Crippen LogP contribution in [-0.2, 0) is 27.3 Å². The van der Waals surface area contributed by atoms with Gasteiger partial charge >= 0.3 is 18.0 Å². The van der Waals surface area contributed by atoms with Gasteiger partial charge in [0, 0.05) is 30.6 Å². The normalized spacial score (nSPS) is 15.8. The molecule has 2 aliphatic rings. The van der Waals surface area contributed by atoms with Gasteiger partial charge in [0.25, 0.3) is 0 Å². The lowest BCUT2D eigenvalue weighted by Gasteiger charge is -2.25. The highest BCUT2D eigenvalue weighted by molar-refractivity contribution is 6.05. The molecule has 1 saturated heterocycles. The van der Waals surface area contributed by atoms with E-state index in [-0.39, 0.29) is 12.6 Å². The van der Waals surface area contributed by atoms with Crippen molar-refractivity contribution in [1.82, 2.24) is 10.2 Å². The predicted molar refractivity (Wildman–Crippen MR) is 137 cm³/mol. The number of rotatable bonds is 11. The van der Waals surface area contributed by atoms with E-state index in [1.54, 1.807) is 7.11 Å². The first kappa shape index (κ1) is 27.5. The maximum atomic E-state index is 12.5. The molecule has 1 aromatic carbocycles. The zero-order valence-electron chi connectivity index (χ0n) is 22.0. The molecule has 2 amide bonds. The number of urea groups is 1. The van der Waals surface area contributed by atoms with E-state index in [2.05, 4.69) is 15.5 Å². The van der Waals surface area contributed by atoms with Crippen LogP contribution in [0.3, 0.4) is 0 Å². The molecule has 0 aromatic heterocycles. The number of cyclic esters (lactones) is 1. The molecule has 1 fully saturated rings. The van der Waals surface area contributed by atoms with Gasteiger partial charge in [0.15, 0.2) is 0 Å². The summed E-state index contributed by atoms with van der Waals surface area (Å²) in [6, 6.07) is -0.403. The topological polar surface area (TPSA) is 106 Å². The molecule has 0 saturated carbocycles. The van der Waals surface area contributed by atoms with Crippen molar-refractivity contribution in [3.63, 3.8) is 0 Å². The van der Waals surface area contributed by atoms with Gasteiger partial charge in [-0.25, -0.2) is 9.59 Å². The lowest BCUT2D eigenvalue weighted by molar-refractivity contribution is -0.144. The second-order valence-corrected chi connectivity index (χ2v) is 9.30. The van der Waals surface area contributed by atoms with Gasteiger partial charge in [-0.15, -0.1) is 0 Å². The Hall–Kier alpha value is -3.07. The van der Waals surface area contributed by atoms with E-state index in [1.807, 2.05) is 26.8 Å². The second-order valence-electron chi connectivity index (χ2n) is 9.30. The minimum atomic E-state index is -0.461. The fourth-order valence-corrected chi connectivity index (χ4v) is 4.73. The third-order valence-corrected chi connectivity index (χ3v) is 6.75. The van der Waals surface area contributed by atoms with Crippen molar-refractivity contribution in [2.24, 2.45) is 0 Å². The molecule has 0 aliphatic carbocycles. The summed E-state index contributed by atoms with van der Waals surface area (Å²) < 4.78 is 16.4. The quantitative estimate of drug-likeness (QED) is 0.347. The number of ether oxygens (including phenoxy) is 3. The van der Waals surface area contributed by atoms with Crippen LogP contribution in [0.15, 0.2) is 11.6 Å². The molecule has 198 valence electrons. The summed E-state index contributed by atoms with van der Waals surface area (Å²) in [7, 11) is 1.57. The first-order chi connectivity index (χ1) is 17.3. The van der Waals surface area contributed by atoms with Gasteiger partial charge in [0.05, 0.1) is 18.4 Å². The van der Waals surface area contributed by atoms with Crippen molar-refractivity contribution in [2.45, 2.75) is 65.9 Å². The number of anilines is 1. The van der Waals surface area contributed by atoms with E-state index >= 15 is 0 Å². The highest BCUT2D eigenvalue weighted by Crippen LogP contribution is 2.41. The van der Waals surface area contributed by atoms with Gasteiger partial charge in [-0.3, -0.25) is 9.69 Å². The average molecular weight is 502 g/mol. The van der Waals surface area contributed by atoms with Crippen LogP contribution in [0, 0.1) is 6.92 Å². The fraction of sp³-hybridized carbons (Fsp3) is 0.593. The third-order valence-electron chi connectivity index (χ3n) is 6.75. The number of hydrogen-bond acceptors (Lipinski definition) is 7. The highest BCUT2D eigenvalue weighted by atomic mass is 16.5. The van der Waals surface area contributed by atoms with Crippen LogP contribution in [0.25, 0.3) is 0 Å². The molecule has 0 bridgehead atoms. The van der Waals surface area contributed by atoms with E-state index in [0.717, 1.165) is 36.3 Å². The van der Waals surface area contributed by atoms with Gasteiger partial charge in [-0.2, -0.15) is 0 Å². The number of amides is 2. The maximum absolute atomic E-state index is 12.5. The van der Waals surface area contributed by atoms with Gasteiger partial charge in [-0.1, -0.05) is 18.1 Å². The van der Waals surface area contributed by atoms with E-state index in [1.165, 1.54) is 19.3 Å². The molecule has 0 radical (unpaired) electrons. The Balaban J connectivity index is 1.67. The number of benzene rings is 1. The molecule has 3 rings (SSSR count). The van der Waals surface area contributed by atoms with Crippen LogP contribution in [0.1, 0.15) is 73.0 Å². The zero-order chi connectivity index (χ0) is 26.1. The van der Waals surface area contributed by atoms with Crippen LogP contribution < -0.4 is 15.4 Å². The SMILES string of the molecule is CCNC(=O)Nc1c(CC=C(C)CCC(=O)OCCN2CCCCC2)c(OC)c(C)c2c1C(=O)OC2. The summed E-state index contributed by atoms with van der Waals surface area (Å²) in [6.45, 7) is 9.65. The number of methoxy groups -OCH3 is 1. The second kappa shape index (κ2) is 13.3. The summed E-state index contributed by atoms with van der Waals surface area (Å²) in [5.41, 5.74) is 4.02. The Morgan fingerprint density at radius 2 is 1.92 bits per heavy atom. The Labute approximate surface area is 213 Å². The van der Waals surface area contributed by atoms with E-state index in [4.69, 9.17) is 14.2 Å². The minimum absolute atomic E-state index is 0.148. The number of likely N-dealkylation sites (tertiary alicyclic amines) is 1. The molecule has 9 heteroatoms. The number of esters is 2. The van der Waals surface area contributed by atoms with Crippen LogP contribution in [0.2, 0.25) is 0 Å². The van der Waals surface area contributed by atoms with Crippen LogP contribution in [-0.4, -0.2) is 62.8 Å². The van der Waals surface area contributed by atoms with E-state index in [0.29, 0.717) is 55.0 Å². The molecule has 0 spiro atoms. The number of carbonyl (C=O) groups is 3. The first-order valence-electron chi connectivity index (χ1n) is 12.8. The minimum Gasteiger partial charge on any atom is -0.496 e. The number of nitrogens with one attached hydrogen (secondary N) is 2. The Bertz CT molecular complexity index is 998. The average Bonchev–Trinajstić information content (AvgIpc) is 3.26. The third kappa shape index (κ3) is 7.00. The van der Waals surface area contributed by atoms with Crippen molar-refractivity contribution >= 4 is 23.7 Å². The molecular weight excluding hydrogens is 462 g/mol. The molecule has 9 nitrogen and oxygen atoms in total. The fourth-order valence-electron chi connectivity index (χ4n) is 4.73. The molecule has 2 aliphatic heterocycles. The summed E-state index contributed by atoms with van der Waals surface area (Å²) in [6.07, 6.45) is 7.00. The zero-order valence-corrected chi connectivity index (χ0v) is 22.0. The summed E-state index contributed by atoms with van der Waals surface area (Å²) >= 11 is 0. The van der Waals surface area contributed by atoms with Crippen molar-refractivity contribution < 1.29 is 28.6 Å². The van der Waals surface area contributed by atoms with Gasteiger partial charge in [-0.05, 0) is 65.1 Å². The first-order valence-corrected chi connectivity index (χ1v) is 12.8. The molecule has 0 atom stereocenters. The smallest absolute Gasteiger partial charge is 0.341 e. The van der Waals surface area contributed by atoms with E-state index in [9.17, 15) is 14.4 Å². The van der Waals surface area contributed by atoms with Crippen LogP contribution >= 0.6 is 0 Å². The lowest BCUT2D eigenvalue weighted by Crippen LogP contribution is -2.33. The summed E-state index contributed by atoms with van der Waals surface area (Å²) in [5.74, 6) is -0.0520.